The van der Waals surface area contributed by atoms with E-state index in [1.165, 1.54) is 4.90 Å². The summed E-state index contributed by atoms with van der Waals surface area (Å²) in [6.45, 7) is 4.88. The van der Waals surface area contributed by atoms with Crippen molar-refractivity contribution in [3.63, 3.8) is 0 Å². The number of amides is 1. The number of aromatic nitrogens is 2. The fraction of sp³-hybridized carbons (Fsp3) is 0.455. The summed E-state index contributed by atoms with van der Waals surface area (Å²) in [6.07, 6.45) is 5.14. The molecule has 4 nitrogen and oxygen atoms in total. The van der Waals surface area contributed by atoms with Crippen LogP contribution in [0, 0.1) is 6.92 Å². The summed E-state index contributed by atoms with van der Waals surface area (Å²) in [4.78, 5) is 12.9. The number of carbonyl (C=O) groups excluding carboxylic acids is 1. The molecule has 0 unspecified atom stereocenters. The topological polar surface area (TPSA) is 38.1 Å². The van der Waals surface area contributed by atoms with Crippen LogP contribution in [0.4, 0.5) is 0 Å². The van der Waals surface area contributed by atoms with E-state index in [0.717, 1.165) is 17.8 Å². The Morgan fingerprint density at radius 1 is 1.60 bits per heavy atom. The standard InChI is InChI=1S/C11H17N3O/c1-5-14-9(2)10(8-12-14)6-7-11(15)13(3)4/h6-8H,5H2,1-4H3/b7-6+. The van der Waals surface area contributed by atoms with Gasteiger partial charge in [-0.3, -0.25) is 9.48 Å². The average Bonchev–Trinajstić information content (AvgIpc) is 2.55. The molecule has 0 aliphatic rings. The van der Waals surface area contributed by atoms with Crippen LogP contribution in [0.5, 0.6) is 0 Å². The third-order valence-corrected chi connectivity index (χ3v) is 2.29. The second kappa shape index (κ2) is 4.77. The van der Waals surface area contributed by atoms with Gasteiger partial charge in [0.25, 0.3) is 0 Å². The Hall–Kier alpha value is -1.58. The van der Waals surface area contributed by atoms with Gasteiger partial charge in [-0.25, -0.2) is 0 Å². The molecule has 0 radical (unpaired) electrons. The molecule has 0 saturated heterocycles. The Labute approximate surface area is 90.2 Å². The minimum Gasteiger partial charge on any atom is -0.345 e. The lowest BCUT2D eigenvalue weighted by Gasteiger charge is -2.05. The summed E-state index contributed by atoms with van der Waals surface area (Å²) in [5.74, 6) is -0.0151. The van der Waals surface area contributed by atoms with Crippen molar-refractivity contribution in [1.82, 2.24) is 14.7 Å². The zero-order valence-electron chi connectivity index (χ0n) is 9.69. The lowest BCUT2D eigenvalue weighted by molar-refractivity contribution is -0.123. The van der Waals surface area contributed by atoms with Crippen molar-refractivity contribution >= 4 is 12.0 Å². The summed E-state index contributed by atoms with van der Waals surface area (Å²) < 4.78 is 1.90. The fourth-order valence-corrected chi connectivity index (χ4v) is 1.25. The average molecular weight is 207 g/mol. The van der Waals surface area contributed by atoms with E-state index >= 15 is 0 Å². The third-order valence-electron chi connectivity index (χ3n) is 2.29. The van der Waals surface area contributed by atoms with Crippen LogP contribution in [0.1, 0.15) is 18.2 Å². The van der Waals surface area contributed by atoms with Crippen molar-refractivity contribution in [3.8, 4) is 0 Å². The number of likely N-dealkylation sites (N-methyl/N-ethyl adjacent to an activating group) is 1. The molecule has 0 aliphatic carbocycles. The first-order valence-corrected chi connectivity index (χ1v) is 4.98. The number of nitrogens with zero attached hydrogens (tertiary/aromatic N) is 3. The smallest absolute Gasteiger partial charge is 0.246 e. The number of hydrogen-bond donors (Lipinski definition) is 0. The van der Waals surface area contributed by atoms with Gasteiger partial charge in [0.05, 0.1) is 6.20 Å². The molecule has 1 amide bonds. The van der Waals surface area contributed by atoms with Crippen LogP contribution in [0.15, 0.2) is 12.3 Å². The second-order valence-electron chi connectivity index (χ2n) is 3.57. The lowest BCUT2D eigenvalue weighted by Crippen LogP contribution is -2.18. The number of hydrogen-bond acceptors (Lipinski definition) is 2. The first-order chi connectivity index (χ1) is 7.06. The molecule has 1 heterocycles. The molecular formula is C11H17N3O. The van der Waals surface area contributed by atoms with Crippen LogP contribution in [0.25, 0.3) is 6.08 Å². The molecule has 4 heteroatoms. The highest BCUT2D eigenvalue weighted by Gasteiger charge is 2.02. The maximum absolute atomic E-state index is 11.3. The van der Waals surface area contributed by atoms with E-state index in [2.05, 4.69) is 5.10 Å². The molecule has 0 fully saturated rings. The lowest BCUT2D eigenvalue weighted by atomic mass is 10.2. The van der Waals surface area contributed by atoms with E-state index in [4.69, 9.17) is 0 Å². The van der Waals surface area contributed by atoms with E-state index in [9.17, 15) is 4.79 Å². The molecular weight excluding hydrogens is 190 g/mol. The fourth-order valence-electron chi connectivity index (χ4n) is 1.25. The SMILES string of the molecule is CCn1ncc(/C=C/C(=O)N(C)C)c1C. The summed E-state index contributed by atoms with van der Waals surface area (Å²) >= 11 is 0. The van der Waals surface area contributed by atoms with Gasteiger partial charge in [-0.2, -0.15) is 5.10 Å². The van der Waals surface area contributed by atoms with E-state index < -0.39 is 0 Å². The minimum atomic E-state index is -0.0151. The Kier molecular flexibility index (Phi) is 3.66. The summed E-state index contributed by atoms with van der Waals surface area (Å²) in [5.41, 5.74) is 2.08. The van der Waals surface area contributed by atoms with Crippen LogP contribution in [-0.2, 0) is 11.3 Å². The molecule has 1 aromatic rings. The molecule has 0 N–H and O–H groups in total. The van der Waals surface area contributed by atoms with Crippen molar-refractivity contribution in [2.24, 2.45) is 0 Å². The van der Waals surface area contributed by atoms with Crippen LogP contribution in [-0.4, -0.2) is 34.7 Å². The van der Waals surface area contributed by atoms with E-state index in [1.807, 2.05) is 18.5 Å². The molecule has 1 rings (SSSR count). The maximum atomic E-state index is 11.3. The van der Waals surface area contributed by atoms with Gasteiger partial charge in [-0.05, 0) is 19.9 Å². The first kappa shape index (κ1) is 11.5. The van der Waals surface area contributed by atoms with E-state index in [0.29, 0.717) is 0 Å². The van der Waals surface area contributed by atoms with Crippen molar-refractivity contribution in [3.05, 3.63) is 23.5 Å². The predicted molar refractivity (Wildman–Crippen MR) is 60.4 cm³/mol. The van der Waals surface area contributed by atoms with Crippen LogP contribution in [0.3, 0.4) is 0 Å². The molecule has 0 spiro atoms. The van der Waals surface area contributed by atoms with Crippen molar-refractivity contribution in [2.75, 3.05) is 14.1 Å². The Balaban J connectivity index is 2.81. The van der Waals surface area contributed by atoms with Gasteiger partial charge in [0, 0.05) is 38.0 Å². The van der Waals surface area contributed by atoms with Crippen LogP contribution in [0.2, 0.25) is 0 Å². The number of rotatable bonds is 3. The molecule has 0 bridgehead atoms. The van der Waals surface area contributed by atoms with Crippen molar-refractivity contribution in [1.29, 1.82) is 0 Å². The van der Waals surface area contributed by atoms with Gasteiger partial charge >= 0.3 is 0 Å². The largest absolute Gasteiger partial charge is 0.345 e. The van der Waals surface area contributed by atoms with E-state index in [1.54, 1.807) is 32.4 Å². The second-order valence-corrected chi connectivity index (χ2v) is 3.57. The molecule has 1 aromatic heterocycles. The normalized spacial score (nSPS) is 10.9. The molecule has 15 heavy (non-hydrogen) atoms. The molecule has 0 aliphatic heterocycles. The first-order valence-electron chi connectivity index (χ1n) is 4.98. The van der Waals surface area contributed by atoms with Gasteiger partial charge in [0.15, 0.2) is 0 Å². The van der Waals surface area contributed by atoms with Gasteiger partial charge < -0.3 is 4.90 Å². The number of carbonyl (C=O) groups is 1. The van der Waals surface area contributed by atoms with Crippen molar-refractivity contribution in [2.45, 2.75) is 20.4 Å². The summed E-state index contributed by atoms with van der Waals surface area (Å²) in [5, 5.41) is 4.20. The highest BCUT2D eigenvalue weighted by molar-refractivity contribution is 5.91. The Morgan fingerprint density at radius 2 is 2.27 bits per heavy atom. The maximum Gasteiger partial charge on any atom is 0.246 e. The summed E-state index contributed by atoms with van der Waals surface area (Å²) in [7, 11) is 3.46. The third kappa shape index (κ3) is 2.68. The summed E-state index contributed by atoms with van der Waals surface area (Å²) in [6, 6.07) is 0. The minimum absolute atomic E-state index is 0.0151. The number of aryl methyl sites for hydroxylation is 1. The van der Waals surface area contributed by atoms with Crippen LogP contribution >= 0.6 is 0 Å². The van der Waals surface area contributed by atoms with Gasteiger partial charge in [-0.15, -0.1) is 0 Å². The van der Waals surface area contributed by atoms with Gasteiger partial charge in [-0.1, -0.05) is 0 Å². The van der Waals surface area contributed by atoms with Gasteiger partial charge in [0.2, 0.25) is 5.91 Å². The predicted octanol–water partition coefficient (Wildman–Crippen LogP) is 1.31. The Morgan fingerprint density at radius 3 is 2.73 bits per heavy atom. The zero-order chi connectivity index (χ0) is 11.4. The highest BCUT2D eigenvalue weighted by Crippen LogP contribution is 2.08. The van der Waals surface area contributed by atoms with Gasteiger partial charge in [0.1, 0.15) is 0 Å². The zero-order valence-corrected chi connectivity index (χ0v) is 9.69. The van der Waals surface area contributed by atoms with Crippen molar-refractivity contribution < 1.29 is 4.79 Å². The molecule has 0 saturated carbocycles. The van der Waals surface area contributed by atoms with Crippen LogP contribution < -0.4 is 0 Å². The molecule has 82 valence electrons. The van der Waals surface area contributed by atoms with E-state index in [-0.39, 0.29) is 5.91 Å². The quantitative estimate of drug-likeness (QED) is 0.701. The Bertz CT molecular complexity index is 377. The molecule has 0 aromatic carbocycles. The molecule has 0 atom stereocenters. The highest BCUT2D eigenvalue weighted by atomic mass is 16.2. The monoisotopic (exact) mass is 207 g/mol.